The summed E-state index contributed by atoms with van der Waals surface area (Å²) < 4.78 is 27.2. The van der Waals surface area contributed by atoms with E-state index in [0.717, 1.165) is 0 Å². The van der Waals surface area contributed by atoms with Gasteiger partial charge in [-0.25, -0.2) is 13.1 Å². The standard InChI is InChI=1S/C12H24N4O2S/c1-8(2)10(5)16-19(17,18)12-11(7-14-15-12)6-13-9(3)4/h7-10,13,16H,6H2,1-5H3,(H,14,15). The van der Waals surface area contributed by atoms with Crippen LogP contribution in [0.1, 0.15) is 40.2 Å². The van der Waals surface area contributed by atoms with Crippen LogP contribution in [0.2, 0.25) is 0 Å². The molecule has 3 N–H and O–H groups in total. The average molecular weight is 288 g/mol. The van der Waals surface area contributed by atoms with Gasteiger partial charge in [0.2, 0.25) is 0 Å². The van der Waals surface area contributed by atoms with Crippen LogP contribution in [-0.2, 0) is 16.6 Å². The van der Waals surface area contributed by atoms with Crippen LogP contribution in [0.15, 0.2) is 11.2 Å². The van der Waals surface area contributed by atoms with Crippen molar-refractivity contribution < 1.29 is 8.42 Å². The van der Waals surface area contributed by atoms with Gasteiger partial charge in [0.25, 0.3) is 10.0 Å². The lowest BCUT2D eigenvalue weighted by atomic mass is 10.1. The molecule has 1 unspecified atom stereocenters. The molecule has 0 saturated carbocycles. The van der Waals surface area contributed by atoms with Crippen LogP contribution >= 0.6 is 0 Å². The number of nitrogens with zero attached hydrogens (tertiary/aromatic N) is 1. The molecule has 0 aliphatic rings. The normalized spacial score (nSPS) is 14.3. The van der Waals surface area contributed by atoms with E-state index in [1.165, 1.54) is 0 Å². The molecule has 19 heavy (non-hydrogen) atoms. The molecule has 0 aromatic carbocycles. The molecule has 1 atom stereocenters. The first-order chi connectivity index (χ1) is 8.74. The van der Waals surface area contributed by atoms with Crippen molar-refractivity contribution in [1.29, 1.82) is 0 Å². The fraction of sp³-hybridized carbons (Fsp3) is 0.750. The van der Waals surface area contributed by atoms with Crippen LogP contribution in [0.3, 0.4) is 0 Å². The van der Waals surface area contributed by atoms with Crippen LogP contribution in [0.25, 0.3) is 0 Å². The number of aromatic nitrogens is 2. The van der Waals surface area contributed by atoms with Gasteiger partial charge in [-0.2, -0.15) is 5.10 Å². The highest BCUT2D eigenvalue weighted by Gasteiger charge is 2.23. The number of H-pyrrole nitrogens is 1. The zero-order chi connectivity index (χ0) is 14.6. The van der Waals surface area contributed by atoms with Gasteiger partial charge in [-0.3, -0.25) is 5.10 Å². The van der Waals surface area contributed by atoms with Gasteiger partial charge in [0.1, 0.15) is 0 Å². The first-order valence-electron chi connectivity index (χ1n) is 6.52. The second kappa shape index (κ2) is 6.49. The Bertz CT molecular complexity index is 494. The third-order valence-electron chi connectivity index (χ3n) is 2.99. The summed E-state index contributed by atoms with van der Waals surface area (Å²) in [5.41, 5.74) is 0.650. The molecule has 7 heteroatoms. The molecule has 0 saturated heterocycles. The van der Waals surface area contributed by atoms with E-state index < -0.39 is 10.0 Å². The minimum Gasteiger partial charge on any atom is -0.310 e. The summed E-state index contributed by atoms with van der Waals surface area (Å²) in [5.74, 6) is 0.231. The Balaban J connectivity index is 2.87. The Morgan fingerprint density at radius 2 is 1.89 bits per heavy atom. The zero-order valence-electron chi connectivity index (χ0n) is 12.2. The van der Waals surface area contributed by atoms with Gasteiger partial charge in [0.15, 0.2) is 5.03 Å². The molecule has 0 amide bonds. The van der Waals surface area contributed by atoms with Gasteiger partial charge in [0.05, 0.1) is 6.20 Å². The second-order valence-corrected chi connectivity index (χ2v) is 7.06. The summed E-state index contributed by atoms with van der Waals surface area (Å²) in [6, 6.07) is 0.159. The maximum atomic E-state index is 12.3. The van der Waals surface area contributed by atoms with Crippen molar-refractivity contribution in [3.05, 3.63) is 11.8 Å². The molecule has 0 bridgehead atoms. The predicted molar refractivity (Wildman–Crippen MR) is 75.2 cm³/mol. The zero-order valence-corrected chi connectivity index (χ0v) is 13.0. The molecular formula is C12H24N4O2S. The van der Waals surface area contributed by atoms with Crippen molar-refractivity contribution >= 4 is 10.0 Å². The molecule has 1 heterocycles. The summed E-state index contributed by atoms with van der Waals surface area (Å²) in [6.07, 6.45) is 1.55. The lowest BCUT2D eigenvalue weighted by Gasteiger charge is -2.17. The smallest absolute Gasteiger partial charge is 0.258 e. The molecule has 0 aliphatic carbocycles. The number of aromatic amines is 1. The van der Waals surface area contributed by atoms with Crippen LogP contribution in [0.5, 0.6) is 0 Å². The fourth-order valence-corrected chi connectivity index (χ4v) is 2.93. The van der Waals surface area contributed by atoms with E-state index in [1.54, 1.807) is 6.20 Å². The maximum absolute atomic E-state index is 12.3. The van der Waals surface area contributed by atoms with Crippen LogP contribution in [-0.4, -0.2) is 30.7 Å². The summed E-state index contributed by atoms with van der Waals surface area (Å²) in [7, 11) is -3.55. The Morgan fingerprint density at radius 3 is 2.42 bits per heavy atom. The number of rotatable bonds is 7. The van der Waals surface area contributed by atoms with Gasteiger partial charge in [-0.1, -0.05) is 27.7 Å². The van der Waals surface area contributed by atoms with Crippen molar-refractivity contribution in [2.45, 2.75) is 58.3 Å². The topological polar surface area (TPSA) is 86.9 Å². The summed E-state index contributed by atoms with van der Waals surface area (Å²) in [4.78, 5) is 0. The fourth-order valence-electron chi connectivity index (χ4n) is 1.41. The van der Waals surface area contributed by atoms with E-state index in [1.807, 2.05) is 34.6 Å². The maximum Gasteiger partial charge on any atom is 0.258 e. The Labute approximate surface area is 115 Å². The lowest BCUT2D eigenvalue weighted by Crippen LogP contribution is -2.37. The Kier molecular flexibility index (Phi) is 5.51. The van der Waals surface area contributed by atoms with E-state index in [9.17, 15) is 8.42 Å². The lowest BCUT2D eigenvalue weighted by molar-refractivity contribution is 0.474. The minimum atomic E-state index is -3.55. The minimum absolute atomic E-state index is 0.126. The van der Waals surface area contributed by atoms with Crippen molar-refractivity contribution in [3.63, 3.8) is 0 Å². The van der Waals surface area contributed by atoms with Crippen molar-refractivity contribution in [2.24, 2.45) is 5.92 Å². The van der Waals surface area contributed by atoms with Gasteiger partial charge in [-0.05, 0) is 12.8 Å². The highest BCUT2D eigenvalue weighted by atomic mass is 32.2. The SMILES string of the molecule is CC(C)NCc1cn[nH]c1S(=O)(=O)NC(C)C(C)C. The number of hydrogen-bond acceptors (Lipinski definition) is 4. The summed E-state index contributed by atoms with van der Waals surface area (Å²) in [5, 5.41) is 9.74. The van der Waals surface area contributed by atoms with E-state index in [4.69, 9.17) is 0 Å². The molecule has 1 aromatic rings. The van der Waals surface area contributed by atoms with Crippen molar-refractivity contribution in [1.82, 2.24) is 20.2 Å². The van der Waals surface area contributed by atoms with Gasteiger partial charge in [0, 0.05) is 24.2 Å². The molecule has 1 rings (SSSR count). The molecule has 0 radical (unpaired) electrons. The molecule has 0 aliphatic heterocycles. The van der Waals surface area contributed by atoms with Crippen LogP contribution in [0, 0.1) is 5.92 Å². The number of hydrogen-bond donors (Lipinski definition) is 3. The van der Waals surface area contributed by atoms with E-state index in [-0.39, 0.29) is 23.0 Å². The first kappa shape index (κ1) is 16.1. The van der Waals surface area contributed by atoms with E-state index in [0.29, 0.717) is 12.1 Å². The molecule has 0 fully saturated rings. The number of nitrogens with one attached hydrogen (secondary N) is 3. The molecule has 110 valence electrons. The molecular weight excluding hydrogens is 264 g/mol. The highest BCUT2D eigenvalue weighted by molar-refractivity contribution is 7.89. The van der Waals surface area contributed by atoms with Gasteiger partial charge >= 0.3 is 0 Å². The predicted octanol–water partition coefficient (Wildman–Crippen LogP) is 1.23. The largest absolute Gasteiger partial charge is 0.310 e. The third-order valence-corrected chi connectivity index (χ3v) is 4.56. The third kappa shape index (κ3) is 4.59. The summed E-state index contributed by atoms with van der Waals surface area (Å²) >= 11 is 0. The summed E-state index contributed by atoms with van der Waals surface area (Å²) in [6.45, 7) is 10.3. The van der Waals surface area contributed by atoms with Crippen LogP contribution in [0.4, 0.5) is 0 Å². The van der Waals surface area contributed by atoms with Crippen molar-refractivity contribution in [3.8, 4) is 0 Å². The van der Waals surface area contributed by atoms with E-state index in [2.05, 4.69) is 20.2 Å². The number of sulfonamides is 1. The average Bonchev–Trinajstić information content (AvgIpc) is 2.74. The molecule has 6 nitrogen and oxygen atoms in total. The van der Waals surface area contributed by atoms with Gasteiger partial charge in [-0.15, -0.1) is 0 Å². The molecule has 0 spiro atoms. The molecule has 1 aromatic heterocycles. The van der Waals surface area contributed by atoms with Gasteiger partial charge < -0.3 is 5.32 Å². The first-order valence-corrected chi connectivity index (χ1v) is 8.00. The van der Waals surface area contributed by atoms with Crippen LogP contribution < -0.4 is 10.0 Å². The second-order valence-electron chi connectivity index (χ2n) is 5.41. The monoisotopic (exact) mass is 288 g/mol. The Morgan fingerprint density at radius 1 is 1.26 bits per heavy atom. The highest BCUT2D eigenvalue weighted by Crippen LogP contribution is 2.14. The quantitative estimate of drug-likeness (QED) is 0.704. The van der Waals surface area contributed by atoms with Crippen molar-refractivity contribution in [2.75, 3.05) is 0 Å². The van der Waals surface area contributed by atoms with E-state index >= 15 is 0 Å². The Hall–Kier alpha value is -0.920.